The van der Waals surface area contributed by atoms with Gasteiger partial charge in [-0.1, -0.05) is 28.2 Å². The largest absolute Gasteiger partial charge is 0.487 e. The Hall–Kier alpha value is -1.17. The minimum absolute atomic E-state index is 0.00376. The van der Waals surface area contributed by atoms with Crippen LogP contribution in [0.25, 0.3) is 0 Å². The smallest absolute Gasteiger partial charge is 0.141 e. The SMILES string of the molecule is OCc1cccc(OCc2nnsc2Cl)c1. The summed E-state index contributed by atoms with van der Waals surface area (Å²) in [7, 11) is 0. The van der Waals surface area contributed by atoms with Gasteiger partial charge in [0.15, 0.2) is 0 Å². The molecule has 0 aliphatic carbocycles. The normalized spacial score (nSPS) is 10.4. The molecule has 84 valence electrons. The first-order valence-corrected chi connectivity index (χ1v) is 5.74. The van der Waals surface area contributed by atoms with Crippen LogP contribution in [0.3, 0.4) is 0 Å². The van der Waals surface area contributed by atoms with E-state index in [0.29, 0.717) is 15.8 Å². The van der Waals surface area contributed by atoms with Crippen LogP contribution in [-0.4, -0.2) is 14.7 Å². The molecule has 6 heteroatoms. The summed E-state index contributed by atoms with van der Waals surface area (Å²) in [5.74, 6) is 0.676. The molecule has 0 saturated heterocycles. The Morgan fingerprint density at radius 3 is 3.00 bits per heavy atom. The van der Waals surface area contributed by atoms with Crippen molar-refractivity contribution in [1.82, 2.24) is 9.59 Å². The van der Waals surface area contributed by atoms with Crippen LogP contribution in [0.4, 0.5) is 0 Å². The van der Waals surface area contributed by atoms with Gasteiger partial charge in [-0.05, 0) is 17.7 Å². The van der Waals surface area contributed by atoms with Crippen molar-refractivity contribution < 1.29 is 9.84 Å². The Balaban J connectivity index is 2.02. The molecule has 16 heavy (non-hydrogen) atoms. The fourth-order valence-electron chi connectivity index (χ4n) is 1.17. The van der Waals surface area contributed by atoms with Gasteiger partial charge < -0.3 is 9.84 Å². The lowest BCUT2D eigenvalue weighted by Crippen LogP contribution is -1.97. The number of halogens is 1. The lowest BCUT2D eigenvalue weighted by molar-refractivity contribution is 0.277. The molecule has 4 nitrogen and oxygen atoms in total. The van der Waals surface area contributed by atoms with Crippen LogP contribution < -0.4 is 4.74 Å². The van der Waals surface area contributed by atoms with Gasteiger partial charge in [0, 0.05) is 11.5 Å². The summed E-state index contributed by atoms with van der Waals surface area (Å²) < 4.78 is 9.73. The summed E-state index contributed by atoms with van der Waals surface area (Å²) in [6, 6.07) is 7.23. The van der Waals surface area contributed by atoms with E-state index in [4.69, 9.17) is 21.4 Å². The number of aromatic nitrogens is 2. The highest BCUT2D eigenvalue weighted by atomic mass is 35.5. The first-order valence-electron chi connectivity index (χ1n) is 4.59. The van der Waals surface area contributed by atoms with Crippen molar-refractivity contribution in [1.29, 1.82) is 0 Å². The molecule has 1 N–H and O–H groups in total. The number of benzene rings is 1. The molecule has 0 amide bonds. The van der Waals surface area contributed by atoms with E-state index in [9.17, 15) is 0 Å². The molecule has 1 aromatic carbocycles. The van der Waals surface area contributed by atoms with Crippen molar-refractivity contribution >= 4 is 23.1 Å². The fourth-order valence-corrected chi connectivity index (χ4v) is 1.77. The minimum atomic E-state index is -0.00376. The van der Waals surface area contributed by atoms with Gasteiger partial charge >= 0.3 is 0 Å². The van der Waals surface area contributed by atoms with Crippen molar-refractivity contribution in [2.75, 3.05) is 0 Å². The molecular weight excluding hydrogens is 248 g/mol. The van der Waals surface area contributed by atoms with E-state index in [2.05, 4.69) is 9.59 Å². The number of aliphatic hydroxyl groups is 1. The molecule has 0 fully saturated rings. The molecule has 0 atom stereocenters. The second-order valence-corrected chi connectivity index (χ2v) is 4.44. The van der Waals surface area contributed by atoms with E-state index in [1.165, 1.54) is 0 Å². The van der Waals surface area contributed by atoms with Gasteiger partial charge in [-0.25, -0.2) is 0 Å². The molecule has 0 saturated carbocycles. The predicted molar refractivity (Wildman–Crippen MR) is 61.6 cm³/mol. The minimum Gasteiger partial charge on any atom is -0.487 e. The van der Waals surface area contributed by atoms with Gasteiger partial charge in [0.1, 0.15) is 22.4 Å². The third-order valence-corrected chi connectivity index (χ3v) is 2.95. The molecule has 0 bridgehead atoms. The zero-order valence-electron chi connectivity index (χ0n) is 8.26. The Kier molecular flexibility index (Phi) is 3.71. The molecule has 0 radical (unpaired) electrons. The maximum atomic E-state index is 8.96. The number of ether oxygens (including phenoxy) is 1. The van der Waals surface area contributed by atoms with Crippen LogP contribution in [0.5, 0.6) is 5.75 Å². The highest BCUT2D eigenvalue weighted by Gasteiger charge is 2.06. The maximum absolute atomic E-state index is 8.96. The maximum Gasteiger partial charge on any atom is 0.141 e. The third kappa shape index (κ3) is 2.69. The van der Waals surface area contributed by atoms with E-state index in [1.807, 2.05) is 18.2 Å². The van der Waals surface area contributed by atoms with Crippen LogP contribution in [0.1, 0.15) is 11.3 Å². The molecule has 0 aliphatic rings. The van der Waals surface area contributed by atoms with Gasteiger partial charge in [-0.15, -0.1) is 5.10 Å². The fraction of sp³-hybridized carbons (Fsp3) is 0.200. The highest BCUT2D eigenvalue weighted by Crippen LogP contribution is 2.20. The Labute approximate surface area is 102 Å². The van der Waals surface area contributed by atoms with Crippen LogP contribution in [0.15, 0.2) is 24.3 Å². The van der Waals surface area contributed by atoms with E-state index >= 15 is 0 Å². The van der Waals surface area contributed by atoms with Crippen molar-refractivity contribution in [2.24, 2.45) is 0 Å². The van der Waals surface area contributed by atoms with Crippen molar-refractivity contribution in [3.05, 3.63) is 39.9 Å². The van der Waals surface area contributed by atoms with Gasteiger partial charge in [-0.3, -0.25) is 0 Å². The van der Waals surface area contributed by atoms with Gasteiger partial charge in [0.05, 0.1) is 6.61 Å². The second kappa shape index (κ2) is 5.25. The van der Waals surface area contributed by atoms with Gasteiger partial charge in [0.2, 0.25) is 0 Å². The Morgan fingerprint density at radius 1 is 1.44 bits per heavy atom. The summed E-state index contributed by atoms with van der Waals surface area (Å²) in [6.07, 6.45) is 0. The van der Waals surface area contributed by atoms with E-state index in [1.54, 1.807) is 6.07 Å². The number of aliphatic hydroxyl groups excluding tert-OH is 1. The molecular formula is C10H9ClN2O2S. The predicted octanol–water partition coefficient (Wildman–Crippen LogP) is 2.26. The summed E-state index contributed by atoms with van der Waals surface area (Å²) in [6.45, 7) is 0.278. The van der Waals surface area contributed by atoms with Crippen LogP contribution >= 0.6 is 23.1 Å². The van der Waals surface area contributed by atoms with E-state index in [0.717, 1.165) is 17.1 Å². The first kappa shape index (κ1) is 11.3. The molecule has 2 rings (SSSR count). The first-order chi connectivity index (χ1) is 7.79. The molecule has 1 aromatic heterocycles. The Morgan fingerprint density at radius 2 is 2.31 bits per heavy atom. The van der Waals surface area contributed by atoms with Gasteiger partial charge in [0.25, 0.3) is 0 Å². The van der Waals surface area contributed by atoms with Crippen LogP contribution in [-0.2, 0) is 13.2 Å². The monoisotopic (exact) mass is 256 g/mol. The summed E-state index contributed by atoms with van der Waals surface area (Å²) in [4.78, 5) is 0. The van der Waals surface area contributed by atoms with Crippen LogP contribution in [0, 0.1) is 0 Å². The average Bonchev–Trinajstić information content (AvgIpc) is 2.72. The van der Waals surface area contributed by atoms with E-state index < -0.39 is 0 Å². The average molecular weight is 257 g/mol. The standard InChI is InChI=1S/C10H9ClN2O2S/c11-10-9(12-13-16-10)6-15-8-3-1-2-7(4-8)5-14/h1-4,14H,5-6H2. The number of hydrogen-bond acceptors (Lipinski definition) is 5. The quantitative estimate of drug-likeness (QED) is 0.912. The highest BCUT2D eigenvalue weighted by molar-refractivity contribution is 7.10. The summed E-state index contributed by atoms with van der Waals surface area (Å²) in [5, 5.41) is 12.8. The zero-order valence-corrected chi connectivity index (χ0v) is 9.83. The summed E-state index contributed by atoms with van der Waals surface area (Å²) in [5.41, 5.74) is 1.43. The summed E-state index contributed by atoms with van der Waals surface area (Å²) >= 11 is 6.97. The number of nitrogens with zero attached hydrogens (tertiary/aromatic N) is 2. The molecule has 1 heterocycles. The van der Waals surface area contributed by atoms with E-state index in [-0.39, 0.29) is 13.2 Å². The van der Waals surface area contributed by atoms with Crippen LogP contribution in [0.2, 0.25) is 4.34 Å². The number of rotatable bonds is 4. The van der Waals surface area contributed by atoms with Gasteiger partial charge in [-0.2, -0.15) is 0 Å². The lowest BCUT2D eigenvalue weighted by atomic mass is 10.2. The second-order valence-electron chi connectivity index (χ2n) is 3.09. The number of hydrogen-bond donors (Lipinski definition) is 1. The molecule has 2 aromatic rings. The zero-order chi connectivity index (χ0) is 11.4. The lowest BCUT2D eigenvalue weighted by Gasteiger charge is -2.05. The molecule has 0 unspecified atom stereocenters. The topological polar surface area (TPSA) is 55.2 Å². The Bertz CT molecular complexity index is 475. The molecule has 0 aliphatic heterocycles. The van der Waals surface area contributed by atoms with Crippen molar-refractivity contribution in [2.45, 2.75) is 13.2 Å². The van der Waals surface area contributed by atoms with Crippen molar-refractivity contribution in [3.8, 4) is 5.75 Å². The molecule has 0 spiro atoms. The third-order valence-electron chi connectivity index (χ3n) is 1.97. The van der Waals surface area contributed by atoms with Crippen molar-refractivity contribution in [3.63, 3.8) is 0 Å².